The first kappa shape index (κ1) is 14.2. The van der Waals surface area contributed by atoms with E-state index in [0.717, 1.165) is 34.0 Å². The normalized spacial score (nSPS) is 10.8. The predicted octanol–water partition coefficient (Wildman–Crippen LogP) is 2.72. The Hall–Kier alpha value is -2.74. The number of nitrogens with one attached hydrogen (secondary N) is 1. The Bertz CT molecular complexity index is 868. The molecule has 7 nitrogen and oxygen atoms in total. The van der Waals surface area contributed by atoms with Gasteiger partial charge in [0.25, 0.3) is 0 Å². The van der Waals surface area contributed by atoms with Crippen LogP contribution >= 0.6 is 11.3 Å². The number of aromatic nitrogens is 2. The van der Waals surface area contributed by atoms with Crippen molar-refractivity contribution in [1.82, 2.24) is 9.55 Å². The number of amides is 1. The van der Waals surface area contributed by atoms with Crippen molar-refractivity contribution in [3.63, 3.8) is 0 Å². The summed E-state index contributed by atoms with van der Waals surface area (Å²) in [7, 11) is 1.92. The van der Waals surface area contributed by atoms with Crippen molar-refractivity contribution < 1.29 is 9.72 Å². The van der Waals surface area contributed by atoms with Crippen LogP contribution in [-0.2, 0) is 18.3 Å². The summed E-state index contributed by atoms with van der Waals surface area (Å²) in [5.74, 6) is -0.249. The second-order valence-corrected chi connectivity index (χ2v) is 5.78. The number of aryl methyl sites for hydroxylation is 1. The zero-order valence-electron chi connectivity index (χ0n) is 11.6. The second-order valence-electron chi connectivity index (χ2n) is 4.77. The quantitative estimate of drug-likeness (QED) is 0.592. The molecule has 0 saturated carbocycles. The van der Waals surface area contributed by atoms with Crippen LogP contribution in [0.5, 0.6) is 0 Å². The van der Waals surface area contributed by atoms with Crippen LogP contribution in [0, 0.1) is 10.1 Å². The molecule has 0 atom stereocenters. The Morgan fingerprint density at radius 2 is 2.23 bits per heavy atom. The highest BCUT2D eigenvalue weighted by Crippen LogP contribution is 2.25. The highest BCUT2D eigenvalue weighted by Gasteiger charge is 2.15. The van der Waals surface area contributed by atoms with Gasteiger partial charge in [-0.25, -0.2) is 4.98 Å². The molecule has 1 N–H and O–H groups in total. The van der Waals surface area contributed by atoms with E-state index in [9.17, 15) is 14.9 Å². The van der Waals surface area contributed by atoms with Gasteiger partial charge in [-0.1, -0.05) is 18.2 Å². The van der Waals surface area contributed by atoms with Crippen LogP contribution in [0.15, 0.2) is 36.7 Å². The Morgan fingerprint density at radius 3 is 2.95 bits per heavy atom. The summed E-state index contributed by atoms with van der Waals surface area (Å²) in [5.41, 5.74) is 1.96. The molecule has 1 amide bonds. The number of hydrogen-bond acceptors (Lipinski definition) is 5. The molecule has 0 aliphatic carbocycles. The predicted molar refractivity (Wildman–Crippen MR) is 84.0 cm³/mol. The Kier molecular flexibility index (Phi) is 3.60. The molecule has 0 aliphatic rings. The molecule has 0 unspecified atom stereocenters. The SMILES string of the molecule is Cn1cc(CC(=O)Nc2ncc([N+](=O)[O-])s2)c2ccccc21. The molecule has 8 heteroatoms. The number of fused-ring (bicyclic) bond motifs is 1. The molecular weight excluding hydrogens is 304 g/mol. The molecule has 0 bridgehead atoms. The van der Waals surface area contributed by atoms with Crippen molar-refractivity contribution in [3.8, 4) is 0 Å². The van der Waals surface area contributed by atoms with E-state index in [2.05, 4.69) is 10.3 Å². The van der Waals surface area contributed by atoms with Crippen LogP contribution in [0.25, 0.3) is 10.9 Å². The molecule has 3 rings (SSSR count). The van der Waals surface area contributed by atoms with Gasteiger partial charge in [-0.3, -0.25) is 14.9 Å². The molecule has 0 radical (unpaired) electrons. The first-order valence-corrected chi connectivity index (χ1v) is 7.29. The van der Waals surface area contributed by atoms with E-state index >= 15 is 0 Å². The molecule has 112 valence electrons. The van der Waals surface area contributed by atoms with E-state index in [1.807, 2.05) is 42.1 Å². The third kappa shape index (κ3) is 2.68. The number of nitrogens with zero attached hydrogens (tertiary/aromatic N) is 3. The lowest BCUT2D eigenvalue weighted by Crippen LogP contribution is -2.13. The summed E-state index contributed by atoms with van der Waals surface area (Å²) in [6.07, 6.45) is 3.24. The van der Waals surface area contributed by atoms with Gasteiger partial charge in [0.05, 0.1) is 11.3 Å². The fourth-order valence-electron chi connectivity index (χ4n) is 2.31. The van der Waals surface area contributed by atoms with E-state index in [-0.39, 0.29) is 22.5 Å². The molecule has 0 aliphatic heterocycles. The first-order chi connectivity index (χ1) is 10.5. The largest absolute Gasteiger partial charge is 0.350 e. The van der Waals surface area contributed by atoms with E-state index in [1.54, 1.807) is 0 Å². The highest BCUT2D eigenvalue weighted by molar-refractivity contribution is 7.18. The molecule has 22 heavy (non-hydrogen) atoms. The average Bonchev–Trinajstić information content (AvgIpc) is 3.06. The lowest BCUT2D eigenvalue weighted by Gasteiger charge is -2.00. The minimum atomic E-state index is -0.530. The van der Waals surface area contributed by atoms with Crippen LogP contribution in [0.2, 0.25) is 0 Å². The minimum Gasteiger partial charge on any atom is -0.350 e. The Labute approximate surface area is 129 Å². The third-order valence-corrected chi connectivity index (χ3v) is 4.11. The summed E-state index contributed by atoms with van der Waals surface area (Å²) in [6, 6.07) is 7.82. The summed E-state index contributed by atoms with van der Waals surface area (Å²) in [5, 5.41) is 14.4. The Morgan fingerprint density at radius 1 is 1.45 bits per heavy atom. The van der Waals surface area contributed by atoms with Crippen molar-refractivity contribution >= 4 is 38.3 Å². The molecule has 1 aromatic carbocycles. The summed E-state index contributed by atoms with van der Waals surface area (Å²) in [6.45, 7) is 0. The van der Waals surface area contributed by atoms with Crippen LogP contribution in [-0.4, -0.2) is 20.4 Å². The Balaban J connectivity index is 1.77. The minimum absolute atomic E-state index is 0.0968. The van der Waals surface area contributed by atoms with Crippen LogP contribution in [0.3, 0.4) is 0 Å². The topological polar surface area (TPSA) is 90.1 Å². The van der Waals surface area contributed by atoms with Gasteiger partial charge >= 0.3 is 5.00 Å². The summed E-state index contributed by atoms with van der Waals surface area (Å²) >= 11 is 0.841. The average molecular weight is 316 g/mol. The number of nitro groups is 1. The molecule has 3 aromatic rings. The molecule has 2 aromatic heterocycles. The number of benzene rings is 1. The zero-order valence-corrected chi connectivity index (χ0v) is 12.5. The lowest BCUT2D eigenvalue weighted by molar-refractivity contribution is -0.380. The number of rotatable bonds is 4. The number of anilines is 1. The van der Waals surface area contributed by atoms with Crippen molar-refractivity contribution in [2.75, 3.05) is 5.32 Å². The van der Waals surface area contributed by atoms with E-state index in [1.165, 1.54) is 0 Å². The van der Waals surface area contributed by atoms with Gasteiger partial charge in [0.15, 0.2) is 5.13 Å². The van der Waals surface area contributed by atoms with E-state index in [4.69, 9.17) is 0 Å². The van der Waals surface area contributed by atoms with Crippen molar-refractivity contribution in [2.45, 2.75) is 6.42 Å². The zero-order chi connectivity index (χ0) is 15.7. The lowest BCUT2D eigenvalue weighted by atomic mass is 10.1. The van der Waals surface area contributed by atoms with Crippen LogP contribution < -0.4 is 5.32 Å². The van der Waals surface area contributed by atoms with Gasteiger partial charge in [-0.05, 0) is 23.0 Å². The van der Waals surface area contributed by atoms with E-state index in [0.29, 0.717) is 0 Å². The second kappa shape index (κ2) is 5.57. The van der Waals surface area contributed by atoms with Gasteiger partial charge in [0, 0.05) is 24.1 Å². The highest BCUT2D eigenvalue weighted by atomic mass is 32.1. The van der Waals surface area contributed by atoms with Crippen molar-refractivity contribution in [2.24, 2.45) is 7.05 Å². The maximum atomic E-state index is 12.1. The van der Waals surface area contributed by atoms with Crippen LogP contribution in [0.1, 0.15) is 5.56 Å². The van der Waals surface area contributed by atoms with Gasteiger partial charge in [-0.15, -0.1) is 0 Å². The van der Waals surface area contributed by atoms with Gasteiger partial charge < -0.3 is 9.88 Å². The molecule has 0 saturated heterocycles. The monoisotopic (exact) mass is 316 g/mol. The summed E-state index contributed by atoms with van der Waals surface area (Å²) in [4.78, 5) is 26.0. The molecule has 2 heterocycles. The molecule has 0 spiro atoms. The van der Waals surface area contributed by atoms with Gasteiger partial charge in [0.1, 0.15) is 6.20 Å². The number of hydrogen-bond donors (Lipinski definition) is 1. The maximum absolute atomic E-state index is 12.1. The first-order valence-electron chi connectivity index (χ1n) is 6.47. The van der Waals surface area contributed by atoms with Crippen molar-refractivity contribution in [3.05, 3.63) is 52.3 Å². The fraction of sp³-hybridized carbons (Fsp3) is 0.143. The van der Waals surface area contributed by atoms with Crippen molar-refractivity contribution in [1.29, 1.82) is 0 Å². The number of carbonyl (C=O) groups excluding carboxylic acids is 1. The number of para-hydroxylation sites is 1. The van der Waals surface area contributed by atoms with Gasteiger partial charge in [-0.2, -0.15) is 0 Å². The standard InChI is InChI=1S/C14H12N4O3S/c1-17-8-9(10-4-2-3-5-11(10)17)6-12(19)16-14-15-7-13(22-14)18(20)21/h2-5,7-8H,6H2,1H3,(H,15,16,19). The number of thiazole rings is 1. The van der Waals surface area contributed by atoms with E-state index < -0.39 is 4.92 Å². The maximum Gasteiger partial charge on any atom is 0.345 e. The van der Waals surface area contributed by atoms with Crippen LogP contribution in [0.4, 0.5) is 10.1 Å². The summed E-state index contributed by atoms with van der Waals surface area (Å²) < 4.78 is 1.96. The third-order valence-electron chi connectivity index (χ3n) is 3.25. The fourth-order valence-corrected chi connectivity index (χ4v) is 2.96. The molecular formula is C14H12N4O3S. The van der Waals surface area contributed by atoms with Gasteiger partial charge in [0.2, 0.25) is 5.91 Å². The molecule has 0 fully saturated rings. The smallest absolute Gasteiger partial charge is 0.345 e. The number of carbonyl (C=O) groups is 1.